The van der Waals surface area contributed by atoms with Crippen LogP contribution < -0.4 is 15.5 Å². The van der Waals surface area contributed by atoms with Crippen LogP contribution in [0.1, 0.15) is 40.0 Å². The largest absolute Gasteiger partial charge is 0.372 e. The summed E-state index contributed by atoms with van der Waals surface area (Å²) in [7, 11) is 0. The minimum Gasteiger partial charge on any atom is -0.372 e. The monoisotopic (exact) mass is 360 g/mol. The van der Waals surface area contributed by atoms with Gasteiger partial charge >= 0.3 is 0 Å². The van der Waals surface area contributed by atoms with Crippen molar-refractivity contribution in [3.63, 3.8) is 0 Å². The van der Waals surface area contributed by atoms with E-state index in [-0.39, 0.29) is 30.9 Å². The van der Waals surface area contributed by atoms with Gasteiger partial charge in [0.15, 0.2) is 0 Å². The summed E-state index contributed by atoms with van der Waals surface area (Å²) in [5.74, 6) is -0.157. The van der Waals surface area contributed by atoms with E-state index in [0.717, 1.165) is 18.8 Å². The van der Waals surface area contributed by atoms with Crippen molar-refractivity contribution in [2.24, 2.45) is 0 Å². The molecule has 1 aliphatic rings. The molecule has 1 aromatic carbocycles. The fourth-order valence-electron chi connectivity index (χ4n) is 3.16. The first kappa shape index (κ1) is 20.2. The van der Waals surface area contributed by atoms with E-state index in [2.05, 4.69) is 27.7 Å². The Labute approximate surface area is 156 Å². The predicted molar refractivity (Wildman–Crippen MR) is 107 cm³/mol. The van der Waals surface area contributed by atoms with Crippen molar-refractivity contribution in [3.8, 4) is 0 Å². The predicted octanol–water partition coefficient (Wildman–Crippen LogP) is 2.46. The standard InChI is InChI=1S/C20H32N4O2/c1-4-23(14-19(25)21-16(2)3)15-20(26)22-17-8-10-18(11-9-17)24-12-6-5-7-13-24/h8-11,16H,4-7,12-15H2,1-3H3,(H,21,25)(H,22,26). The van der Waals surface area contributed by atoms with E-state index < -0.39 is 0 Å². The summed E-state index contributed by atoms with van der Waals surface area (Å²) < 4.78 is 0. The van der Waals surface area contributed by atoms with Crippen LogP contribution in [0.4, 0.5) is 11.4 Å². The van der Waals surface area contributed by atoms with Gasteiger partial charge in [0.25, 0.3) is 0 Å². The maximum absolute atomic E-state index is 12.3. The smallest absolute Gasteiger partial charge is 0.238 e. The molecule has 1 fully saturated rings. The third-order valence-electron chi connectivity index (χ3n) is 4.50. The molecule has 0 unspecified atom stereocenters. The molecule has 2 amide bonds. The summed E-state index contributed by atoms with van der Waals surface area (Å²) in [5.41, 5.74) is 2.00. The molecule has 0 bridgehead atoms. The first-order valence-electron chi connectivity index (χ1n) is 9.64. The normalized spacial score (nSPS) is 14.6. The van der Waals surface area contributed by atoms with Crippen LogP contribution in [-0.4, -0.2) is 55.5 Å². The molecule has 1 aliphatic heterocycles. The molecule has 6 heteroatoms. The first-order chi connectivity index (χ1) is 12.5. The molecule has 1 heterocycles. The molecular weight excluding hydrogens is 328 g/mol. The van der Waals surface area contributed by atoms with Gasteiger partial charge in [0.2, 0.25) is 11.8 Å². The molecule has 1 aromatic rings. The SMILES string of the molecule is CCN(CC(=O)Nc1ccc(N2CCCCC2)cc1)CC(=O)NC(C)C. The Bertz CT molecular complexity index is 580. The highest BCUT2D eigenvalue weighted by atomic mass is 16.2. The molecule has 144 valence electrons. The molecule has 1 saturated heterocycles. The molecule has 0 saturated carbocycles. The molecule has 0 atom stereocenters. The molecule has 2 N–H and O–H groups in total. The van der Waals surface area contributed by atoms with Crippen molar-refractivity contribution >= 4 is 23.2 Å². The third kappa shape index (κ3) is 6.67. The van der Waals surface area contributed by atoms with E-state index in [4.69, 9.17) is 0 Å². The van der Waals surface area contributed by atoms with E-state index in [9.17, 15) is 9.59 Å². The zero-order valence-electron chi connectivity index (χ0n) is 16.3. The molecule has 26 heavy (non-hydrogen) atoms. The topological polar surface area (TPSA) is 64.7 Å². The van der Waals surface area contributed by atoms with Gasteiger partial charge in [-0.1, -0.05) is 6.92 Å². The highest BCUT2D eigenvalue weighted by molar-refractivity contribution is 5.92. The summed E-state index contributed by atoms with van der Waals surface area (Å²) in [4.78, 5) is 28.4. The van der Waals surface area contributed by atoms with Gasteiger partial charge in [-0.25, -0.2) is 0 Å². The summed E-state index contributed by atoms with van der Waals surface area (Å²) in [6.45, 7) is 9.09. The minimum atomic E-state index is -0.102. The van der Waals surface area contributed by atoms with Gasteiger partial charge in [0, 0.05) is 30.5 Å². The molecule has 2 rings (SSSR count). The molecule has 6 nitrogen and oxygen atoms in total. The second-order valence-electron chi connectivity index (χ2n) is 7.17. The number of hydrogen-bond donors (Lipinski definition) is 2. The van der Waals surface area contributed by atoms with E-state index in [1.165, 1.54) is 24.9 Å². The lowest BCUT2D eigenvalue weighted by Crippen LogP contribution is -2.42. The number of benzene rings is 1. The summed E-state index contributed by atoms with van der Waals surface area (Å²) in [6, 6.07) is 8.13. The van der Waals surface area contributed by atoms with Crippen molar-refractivity contribution in [2.75, 3.05) is 42.9 Å². The summed E-state index contributed by atoms with van der Waals surface area (Å²) >= 11 is 0. The van der Waals surface area contributed by atoms with Crippen molar-refractivity contribution in [1.29, 1.82) is 0 Å². The second kappa shape index (κ2) is 10.2. The van der Waals surface area contributed by atoms with E-state index >= 15 is 0 Å². The second-order valence-corrected chi connectivity index (χ2v) is 7.17. The Kier molecular flexibility index (Phi) is 7.91. The third-order valence-corrected chi connectivity index (χ3v) is 4.50. The summed E-state index contributed by atoms with van der Waals surface area (Å²) in [5, 5.41) is 5.77. The Hall–Kier alpha value is -2.08. The number of hydrogen-bond acceptors (Lipinski definition) is 4. The number of carbonyl (C=O) groups excluding carboxylic acids is 2. The van der Waals surface area contributed by atoms with Crippen molar-refractivity contribution < 1.29 is 9.59 Å². The first-order valence-corrected chi connectivity index (χ1v) is 9.64. The van der Waals surface area contributed by atoms with Crippen LogP contribution >= 0.6 is 0 Å². The van der Waals surface area contributed by atoms with Crippen molar-refractivity contribution in [2.45, 2.75) is 46.1 Å². The van der Waals surface area contributed by atoms with Crippen LogP contribution in [0.25, 0.3) is 0 Å². The molecule has 0 radical (unpaired) electrons. The maximum atomic E-state index is 12.3. The van der Waals surface area contributed by atoms with Gasteiger partial charge in [-0.3, -0.25) is 14.5 Å². The van der Waals surface area contributed by atoms with Gasteiger partial charge in [0.1, 0.15) is 0 Å². The van der Waals surface area contributed by atoms with Crippen LogP contribution in [0.3, 0.4) is 0 Å². The van der Waals surface area contributed by atoms with Crippen LogP contribution in [0.5, 0.6) is 0 Å². The number of amides is 2. The molecular formula is C20H32N4O2. The zero-order valence-corrected chi connectivity index (χ0v) is 16.3. The highest BCUT2D eigenvalue weighted by Crippen LogP contribution is 2.21. The zero-order chi connectivity index (χ0) is 18.9. The van der Waals surface area contributed by atoms with Gasteiger partial charge < -0.3 is 15.5 Å². The summed E-state index contributed by atoms with van der Waals surface area (Å²) in [6.07, 6.45) is 3.80. The highest BCUT2D eigenvalue weighted by Gasteiger charge is 2.14. The fraction of sp³-hybridized carbons (Fsp3) is 0.600. The van der Waals surface area contributed by atoms with Crippen LogP contribution in [0.15, 0.2) is 24.3 Å². The molecule has 0 aliphatic carbocycles. The van der Waals surface area contributed by atoms with Crippen LogP contribution in [-0.2, 0) is 9.59 Å². The van der Waals surface area contributed by atoms with Crippen LogP contribution in [0, 0.1) is 0 Å². The van der Waals surface area contributed by atoms with Crippen LogP contribution in [0.2, 0.25) is 0 Å². The maximum Gasteiger partial charge on any atom is 0.238 e. The quantitative estimate of drug-likeness (QED) is 0.747. The van der Waals surface area contributed by atoms with Gasteiger partial charge in [-0.15, -0.1) is 0 Å². The average Bonchev–Trinajstić information content (AvgIpc) is 2.61. The average molecular weight is 361 g/mol. The van der Waals surface area contributed by atoms with Gasteiger partial charge in [-0.2, -0.15) is 0 Å². The van der Waals surface area contributed by atoms with Crippen molar-refractivity contribution in [1.82, 2.24) is 10.2 Å². The van der Waals surface area contributed by atoms with Crippen molar-refractivity contribution in [3.05, 3.63) is 24.3 Å². The van der Waals surface area contributed by atoms with Gasteiger partial charge in [-0.05, 0) is 63.9 Å². The number of anilines is 2. The number of piperidine rings is 1. The number of nitrogens with zero attached hydrogens (tertiary/aromatic N) is 2. The van der Waals surface area contributed by atoms with E-state index in [1.54, 1.807) is 0 Å². The lowest BCUT2D eigenvalue weighted by atomic mass is 10.1. The Morgan fingerprint density at radius 1 is 1.04 bits per heavy atom. The van der Waals surface area contributed by atoms with Gasteiger partial charge in [0.05, 0.1) is 13.1 Å². The lowest BCUT2D eigenvalue weighted by molar-refractivity contribution is -0.123. The molecule has 0 aromatic heterocycles. The number of rotatable bonds is 8. The Balaban J connectivity index is 1.83. The fourth-order valence-corrected chi connectivity index (χ4v) is 3.16. The Morgan fingerprint density at radius 2 is 1.65 bits per heavy atom. The number of carbonyl (C=O) groups is 2. The number of likely N-dealkylation sites (N-methyl/N-ethyl adjacent to an activating group) is 1. The van der Waals surface area contributed by atoms with E-state index in [1.807, 2.05) is 37.8 Å². The number of nitrogens with one attached hydrogen (secondary N) is 2. The molecule has 0 spiro atoms. The minimum absolute atomic E-state index is 0.0551. The Morgan fingerprint density at radius 3 is 2.23 bits per heavy atom. The lowest BCUT2D eigenvalue weighted by Gasteiger charge is -2.28. The van der Waals surface area contributed by atoms with E-state index in [0.29, 0.717) is 6.54 Å².